The third-order valence-electron chi connectivity index (χ3n) is 3.53. The molecule has 1 aliphatic rings. The van der Waals surface area contributed by atoms with Crippen molar-refractivity contribution in [3.63, 3.8) is 0 Å². The molecule has 19 heavy (non-hydrogen) atoms. The summed E-state index contributed by atoms with van der Waals surface area (Å²) in [7, 11) is 0. The average molecular weight is 303 g/mol. The molecule has 1 rings (SSSR count). The summed E-state index contributed by atoms with van der Waals surface area (Å²) < 4.78 is 0.665. The van der Waals surface area contributed by atoms with E-state index in [0.717, 1.165) is 12.2 Å². The highest BCUT2D eigenvalue weighted by atomic mass is 32.2. The van der Waals surface area contributed by atoms with Gasteiger partial charge in [-0.3, -0.25) is 9.69 Å². The Morgan fingerprint density at radius 1 is 1.42 bits per heavy atom. The molecule has 110 valence electrons. The maximum Gasteiger partial charge on any atom is 0.233 e. The van der Waals surface area contributed by atoms with Gasteiger partial charge in [0.15, 0.2) is 0 Å². The monoisotopic (exact) mass is 303 g/mol. The Hall–Kier alpha value is -0.130. The van der Waals surface area contributed by atoms with Crippen LogP contribution in [0.1, 0.15) is 41.0 Å². The first-order valence-corrected chi connectivity index (χ1v) is 8.33. The molecule has 5 heteroatoms. The number of hydrogen-bond donors (Lipinski definition) is 1. The summed E-state index contributed by atoms with van der Waals surface area (Å²) in [5.74, 6) is 1.07. The van der Waals surface area contributed by atoms with E-state index in [0.29, 0.717) is 10.2 Å². The van der Waals surface area contributed by atoms with Crippen LogP contribution < -0.4 is 0 Å². The molecule has 0 aliphatic carbocycles. The minimum Gasteiger partial charge on any atom is -0.392 e. The molecule has 0 aromatic heterocycles. The Bertz CT molecular complexity index is 344. The van der Waals surface area contributed by atoms with E-state index in [1.54, 1.807) is 23.6 Å². The fraction of sp³-hybridized carbons (Fsp3) is 0.857. The zero-order chi connectivity index (χ0) is 14.7. The average Bonchev–Trinajstić information content (AvgIpc) is 2.66. The number of thiocarbonyl (C=S) groups is 1. The summed E-state index contributed by atoms with van der Waals surface area (Å²) in [5.41, 5.74) is 0. The number of aliphatic hydroxyl groups excluding tert-OH is 1. The van der Waals surface area contributed by atoms with Gasteiger partial charge in [-0.15, -0.1) is 0 Å². The van der Waals surface area contributed by atoms with Gasteiger partial charge < -0.3 is 5.11 Å². The number of carbonyl (C=O) groups excluding carboxylic acids is 1. The van der Waals surface area contributed by atoms with Crippen LogP contribution in [0.4, 0.5) is 0 Å². The van der Waals surface area contributed by atoms with Gasteiger partial charge in [-0.1, -0.05) is 58.6 Å². The molecule has 1 saturated heterocycles. The van der Waals surface area contributed by atoms with Crippen molar-refractivity contribution in [1.29, 1.82) is 0 Å². The lowest BCUT2D eigenvalue weighted by atomic mass is 9.93. The zero-order valence-electron chi connectivity index (χ0n) is 12.4. The number of amides is 1. The molecular weight excluding hydrogens is 278 g/mol. The maximum atomic E-state index is 12.6. The van der Waals surface area contributed by atoms with E-state index < -0.39 is 12.0 Å². The highest BCUT2D eigenvalue weighted by Crippen LogP contribution is 2.30. The van der Waals surface area contributed by atoms with Gasteiger partial charge in [0.25, 0.3) is 0 Å². The summed E-state index contributed by atoms with van der Waals surface area (Å²) in [6.07, 6.45) is 0.351. The van der Waals surface area contributed by atoms with Crippen molar-refractivity contribution >= 4 is 34.2 Å². The Kier molecular flexibility index (Phi) is 6.27. The molecule has 0 saturated carbocycles. The fourth-order valence-corrected chi connectivity index (χ4v) is 3.83. The Balaban J connectivity index is 2.80. The van der Waals surface area contributed by atoms with Crippen LogP contribution in [0.25, 0.3) is 0 Å². The van der Waals surface area contributed by atoms with Crippen molar-refractivity contribution < 1.29 is 9.90 Å². The van der Waals surface area contributed by atoms with Crippen LogP contribution in [0.5, 0.6) is 0 Å². The second-order valence-corrected chi connectivity index (χ2v) is 7.75. The maximum absolute atomic E-state index is 12.6. The SMILES string of the molecule is CC(C)C[C@H]1CSC(=S)N1C(=O)[C@H](C)[C@@H](O)C(C)C. The first kappa shape index (κ1) is 16.9. The number of carbonyl (C=O) groups is 1. The molecule has 3 nitrogen and oxygen atoms in total. The number of hydrogen-bond acceptors (Lipinski definition) is 4. The van der Waals surface area contributed by atoms with Gasteiger partial charge in [-0.05, 0) is 18.3 Å². The van der Waals surface area contributed by atoms with Crippen molar-refractivity contribution in [3.05, 3.63) is 0 Å². The van der Waals surface area contributed by atoms with Gasteiger partial charge in [0.05, 0.1) is 12.0 Å². The fourth-order valence-electron chi connectivity index (χ4n) is 2.39. The lowest BCUT2D eigenvalue weighted by Gasteiger charge is -2.30. The first-order chi connectivity index (χ1) is 8.75. The van der Waals surface area contributed by atoms with Gasteiger partial charge in [0.2, 0.25) is 5.91 Å². The van der Waals surface area contributed by atoms with Crippen molar-refractivity contribution in [2.75, 3.05) is 5.75 Å². The molecule has 1 N–H and O–H groups in total. The van der Waals surface area contributed by atoms with Crippen molar-refractivity contribution in [1.82, 2.24) is 4.90 Å². The second kappa shape index (κ2) is 7.04. The standard InChI is InChI=1S/C14H25NO2S2/c1-8(2)6-11-7-19-14(18)15(11)13(17)10(5)12(16)9(3)4/h8-12,16H,6-7H2,1-5H3/t10-,11+,12+/m1/s1. The van der Waals surface area contributed by atoms with E-state index in [1.165, 1.54) is 0 Å². The topological polar surface area (TPSA) is 40.5 Å². The number of nitrogens with zero attached hydrogens (tertiary/aromatic N) is 1. The number of thioether (sulfide) groups is 1. The van der Waals surface area contributed by atoms with E-state index in [-0.39, 0.29) is 17.9 Å². The molecule has 1 fully saturated rings. The number of rotatable bonds is 5. The van der Waals surface area contributed by atoms with Gasteiger partial charge in [0, 0.05) is 11.8 Å². The van der Waals surface area contributed by atoms with Gasteiger partial charge >= 0.3 is 0 Å². The van der Waals surface area contributed by atoms with Crippen LogP contribution in [0.2, 0.25) is 0 Å². The van der Waals surface area contributed by atoms with E-state index in [2.05, 4.69) is 13.8 Å². The zero-order valence-corrected chi connectivity index (χ0v) is 14.1. The third kappa shape index (κ3) is 4.17. The van der Waals surface area contributed by atoms with E-state index in [1.807, 2.05) is 13.8 Å². The summed E-state index contributed by atoms with van der Waals surface area (Å²) in [6.45, 7) is 9.96. The molecule has 1 amide bonds. The van der Waals surface area contributed by atoms with Crippen LogP contribution >= 0.6 is 24.0 Å². The molecule has 0 bridgehead atoms. The lowest BCUT2D eigenvalue weighted by molar-refractivity contribution is -0.136. The molecule has 0 aromatic carbocycles. The Labute approximate surface area is 126 Å². The highest BCUT2D eigenvalue weighted by molar-refractivity contribution is 8.23. The highest BCUT2D eigenvalue weighted by Gasteiger charge is 2.38. The minimum atomic E-state index is -0.611. The van der Waals surface area contributed by atoms with Crippen molar-refractivity contribution in [2.24, 2.45) is 17.8 Å². The van der Waals surface area contributed by atoms with Crippen molar-refractivity contribution in [2.45, 2.75) is 53.2 Å². The summed E-state index contributed by atoms with van der Waals surface area (Å²) in [4.78, 5) is 14.3. The molecule has 0 aromatic rings. The molecule has 1 heterocycles. The third-order valence-corrected chi connectivity index (χ3v) is 5.07. The van der Waals surface area contributed by atoms with Gasteiger partial charge in [0.1, 0.15) is 4.32 Å². The smallest absolute Gasteiger partial charge is 0.233 e. The largest absolute Gasteiger partial charge is 0.392 e. The number of aliphatic hydroxyl groups is 1. The predicted molar refractivity (Wildman–Crippen MR) is 85.2 cm³/mol. The molecule has 0 spiro atoms. The minimum absolute atomic E-state index is 0.0261. The van der Waals surface area contributed by atoms with Crippen LogP contribution in [-0.2, 0) is 4.79 Å². The predicted octanol–water partition coefficient (Wildman–Crippen LogP) is 2.91. The van der Waals surface area contributed by atoms with E-state index in [4.69, 9.17) is 12.2 Å². The molecule has 1 aliphatic heterocycles. The Morgan fingerprint density at radius 3 is 2.47 bits per heavy atom. The normalized spacial score (nSPS) is 23.3. The van der Waals surface area contributed by atoms with Crippen LogP contribution in [-0.4, -0.2) is 38.1 Å². The molecule has 0 radical (unpaired) electrons. The van der Waals surface area contributed by atoms with Crippen molar-refractivity contribution in [3.8, 4) is 0 Å². The van der Waals surface area contributed by atoms with Crippen LogP contribution in [0.15, 0.2) is 0 Å². The van der Waals surface area contributed by atoms with E-state index in [9.17, 15) is 9.90 Å². The molecular formula is C14H25NO2S2. The lowest BCUT2D eigenvalue weighted by Crippen LogP contribution is -2.46. The summed E-state index contributed by atoms with van der Waals surface area (Å²) in [5, 5.41) is 10.1. The molecule has 0 unspecified atom stereocenters. The Morgan fingerprint density at radius 2 is 2.00 bits per heavy atom. The first-order valence-electron chi connectivity index (χ1n) is 6.93. The van der Waals surface area contributed by atoms with Gasteiger partial charge in [-0.25, -0.2) is 0 Å². The van der Waals surface area contributed by atoms with E-state index >= 15 is 0 Å². The molecule has 3 atom stereocenters. The van der Waals surface area contributed by atoms with Gasteiger partial charge in [-0.2, -0.15) is 0 Å². The van der Waals surface area contributed by atoms with Crippen LogP contribution in [0, 0.1) is 17.8 Å². The summed E-state index contributed by atoms with van der Waals surface area (Å²) >= 11 is 6.88. The summed E-state index contributed by atoms with van der Waals surface area (Å²) in [6, 6.07) is 0.187. The second-order valence-electron chi connectivity index (χ2n) is 6.09. The quantitative estimate of drug-likeness (QED) is 0.793. The van der Waals surface area contributed by atoms with Crippen LogP contribution in [0.3, 0.4) is 0 Å².